The Labute approximate surface area is 229 Å². The highest BCUT2D eigenvalue weighted by molar-refractivity contribution is 7.69. The molecule has 0 aromatic carbocycles. The average Bonchev–Trinajstić information content (AvgIpc) is 3.62. The number of nitrogens with zero attached hydrogens (tertiary/aromatic N) is 4. The molecule has 4 heterocycles. The van der Waals surface area contributed by atoms with Crippen molar-refractivity contribution in [2.75, 3.05) is 32.7 Å². The van der Waals surface area contributed by atoms with E-state index in [1.165, 1.54) is 20.4 Å². The van der Waals surface area contributed by atoms with Crippen molar-refractivity contribution < 1.29 is 18.0 Å². The van der Waals surface area contributed by atoms with E-state index < -0.39 is 16.4 Å². The number of likely N-dealkylation sites (tertiary alicyclic amines) is 1. The number of H-pyrrole nitrogens is 1. The van der Waals surface area contributed by atoms with Gasteiger partial charge in [-0.1, -0.05) is 30.4 Å². The Morgan fingerprint density at radius 3 is 2.56 bits per heavy atom. The maximum atomic E-state index is 13.9. The summed E-state index contributed by atoms with van der Waals surface area (Å²) in [7, 11) is -2.65. The van der Waals surface area contributed by atoms with Crippen LogP contribution < -0.4 is 10.6 Å². The van der Waals surface area contributed by atoms with Crippen molar-refractivity contribution in [3.05, 3.63) is 46.6 Å². The Morgan fingerprint density at radius 2 is 1.87 bits per heavy atom. The zero-order valence-electron chi connectivity index (χ0n) is 22.0. The minimum atomic E-state index is -2.65. The fourth-order valence-corrected chi connectivity index (χ4v) is 7.32. The molecule has 7 rings (SSSR count). The van der Waals surface area contributed by atoms with E-state index in [0.717, 1.165) is 31.5 Å². The summed E-state index contributed by atoms with van der Waals surface area (Å²) in [4.78, 5) is 38.6. The molecule has 1 aromatic rings. The number of hydrogen-bond donors (Lipinski definition) is 2. The standard InChI is InChI=1S/C29H35N5O4S/c35-27(22-5-6-22)32-16-19(17-32)18-34-26(31-29(28(34)36)10-13-33(14-11-29)39(37)38)21-3-1-20(2-4-21)23-7-8-25-24(15-23)9-12-30-25/h1-3,8-9,12,15,19,21-23,30,39H,4-7,10-11,13-14,16-18H2. The second kappa shape index (κ2) is 9.59. The van der Waals surface area contributed by atoms with E-state index in [1.807, 2.05) is 16.0 Å². The SMILES string of the molecule is O=C(C1CC1)N1CC(CN2C(=O)C3(CCN([SH](=O)=O)CC3)N=C2C2C=CC(C3C=c4cc[nH]c4=CC3)=CC2)C1. The highest BCUT2D eigenvalue weighted by Crippen LogP contribution is 2.39. The minimum absolute atomic E-state index is 0.00335. The van der Waals surface area contributed by atoms with Crippen LogP contribution in [0.4, 0.5) is 0 Å². The lowest BCUT2D eigenvalue weighted by atomic mass is 9.85. The molecule has 206 valence electrons. The zero-order chi connectivity index (χ0) is 26.7. The molecule has 2 saturated heterocycles. The Kier molecular flexibility index (Phi) is 6.15. The van der Waals surface area contributed by atoms with Gasteiger partial charge in [-0.25, -0.2) is 12.7 Å². The molecule has 2 unspecified atom stereocenters. The van der Waals surface area contributed by atoms with E-state index in [0.29, 0.717) is 51.5 Å². The van der Waals surface area contributed by atoms with Gasteiger partial charge in [0.25, 0.3) is 5.91 Å². The zero-order valence-corrected chi connectivity index (χ0v) is 22.9. The number of amidine groups is 1. The van der Waals surface area contributed by atoms with Gasteiger partial charge >= 0.3 is 0 Å². The number of piperidine rings is 1. The monoisotopic (exact) mass is 549 g/mol. The normalized spacial score (nSPS) is 28.6. The summed E-state index contributed by atoms with van der Waals surface area (Å²) in [5, 5.41) is 2.42. The van der Waals surface area contributed by atoms with Gasteiger partial charge in [-0.05, 0) is 55.4 Å². The predicted octanol–water partition coefficient (Wildman–Crippen LogP) is 0.568. The van der Waals surface area contributed by atoms with Crippen LogP contribution in [0.5, 0.6) is 0 Å². The van der Waals surface area contributed by atoms with Gasteiger partial charge in [0.05, 0.1) is 0 Å². The van der Waals surface area contributed by atoms with Crippen LogP contribution in [0, 0.1) is 23.7 Å². The van der Waals surface area contributed by atoms with Crippen molar-refractivity contribution >= 4 is 40.7 Å². The third-order valence-electron chi connectivity index (χ3n) is 9.34. The lowest BCUT2D eigenvalue weighted by Crippen LogP contribution is -2.57. The van der Waals surface area contributed by atoms with Crippen molar-refractivity contribution in [3.63, 3.8) is 0 Å². The van der Waals surface area contributed by atoms with Crippen molar-refractivity contribution in [3.8, 4) is 0 Å². The van der Waals surface area contributed by atoms with Crippen LogP contribution in [0.15, 0.2) is 41.1 Å². The van der Waals surface area contributed by atoms with Gasteiger partial charge in [-0.15, -0.1) is 0 Å². The maximum absolute atomic E-state index is 13.9. The number of carbonyl (C=O) groups is 2. The summed E-state index contributed by atoms with van der Waals surface area (Å²) in [6.07, 6.45) is 17.8. The maximum Gasteiger partial charge on any atom is 0.255 e. The number of aliphatic imine (C=N–C) groups is 1. The van der Waals surface area contributed by atoms with Gasteiger partial charge in [0.2, 0.25) is 16.8 Å². The van der Waals surface area contributed by atoms with Crippen molar-refractivity contribution in [2.24, 2.45) is 28.7 Å². The second-order valence-corrected chi connectivity index (χ2v) is 13.0. The predicted molar refractivity (Wildman–Crippen MR) is 148 cm³/mol. The van der Waals surface area contributed by atoms with Gasteiger partial charge in [-0.2, -0.15) is 0 Å². The molecular weight excluding hydrogens is 514 g/mol. The highest BCUT2D eigenvalue weighted by Gasteiger charge is 2.52. The van der Waals surface area contributed by atoms with Crippen molar-refractivity contribution in [1.29, 1.82) is 0 Å². The number of fused-ring (bicyclic) bond motifs is 1. The van der Waals surface area contributed by atoms with Crippen LogP contribution in [0.1, 0.15) is 38.5 Å². The quantitative estimate of drug-likeness (QED) is 0.506. The van der Waals surface area contributed by atoms with Gasteiger partial charge in [-0.3, -0.25) is 19.5 Å². The lowest BCUT2D eigenvalue weighted by molar-refractivity contribution is -0.140. The summed E-state index contributed by atoms with van der Waals surface area (Å²) < 4.78 is 24.5. The van der Waals surface area contributed by atoms with Gasteiger partial charge in [0.1, 0.15) is 11.4 Å². The molecule has 1 spiro atoms. The van der Waals surface area contributed by atoms with Crippen LogP contribution in [-0.2, 0) is 20.5 Å². The summed E-state index contributed by atoms with van der Waals surface area (Å²) >= 11 is 0. The van der Waals surface area contributed by atoms with Crippen LogP contribution in [-0.4, -0.2) is 83.4 Å². The number of carbonyl (C=O) groups excluding carboxylic acids is 2. The molecule has 6 aliphatic rings. The molecule has 1 saturated carbocycles. The molecule has 10 heteroatoms. The highest BCUT2D eigenvalue weighted by atomic mass is 32.2. The van der Waals surface area contributed by atoms with Crippen LogP contribution >= 0.6 is 0 Å². The van der Waals surface area contributed by atoms with Crippen molar-refractivity contribution in [2.45, 2.75) is 44.1 Å². The fraction of sp³-hybridized carbons (Fsp3) is 0.552. The Hall–Kier alpha value is -2.98. The van der Waals surface area contributed by atoms with Gasteiger partial charge in [0, 0.05) is 67.9 Å². The molecule has 1 N–H and O–H groups in total. The molecule has 3 aliphatic heterocycles. The number of nitrogens with one attached hydrogen (secondary N) is 1. The third-order valence-corrected chi connectivity index (χ3v) is 10.2. The van der Waals surface area contributed by atoms with Crippen molar-refractivity contribution in [1.82, 2.24) is 19.1 Å². The minimum Gasteiger partial charge on any atom is -0.361 e. The summed E-state index contributed by atoms with van der Waals surface area (Å²) in [6, 6.07) is 2.11. The molecule has 2 atom stereocenters. The number of thiol groups is 1. The second-order valence-electron chi connectivity index (χ2n) is 12.0. The molecule has 3 fully saturated rings. The van der Waals surface area contributed by atoms with E-state index in [9.17, 15) is 18.0 Å². The van der Waals surface area contributed by atoms with E-state index in [4.69, 9.17) is 4.99 Å². The molecule has 0 bridgehead atoms. The molecule has 3 aliphatic carbocycles. The summed E-state index contributed by atoms with van der Waals surface area (Å²) in [5.74, 6) is 1.88. The first kappa shape index (κ1) is 25.0. The summed E-state index contributed by atoms with van der Waals surface area (Å²) in [6.45, 7) is 2.60. The lowest BCUT2D eigenvalue weighted by Gasteiger charge is -2.42. The molecule has 9 nitrogen and oxygen atoms in total. The van der Waals surface area contributed by atoms with Crippen LogP contribution in [0.3, 0.4) is 0 Å². The van der Waals surface area contributed by atoms with Crippen LogP contribution in [0.2, 0.25) is 0 Å². The van der Waals surface area contributed by atoms with Gasteiger partial charge in [0.15, 0.2) is 0 Å². The largest absolute Gasteiger partial charge is 0.361 e. The summed E-state index contributed by atoms with van der Waals surface area (Å²) in [5.41, 5.74) is 0.417. The topological polar surface area (TPSA) is 106 Å². The number of allylic oxidation sites excluding steroid dienone is 3. The first-order valence-electron chi connectivity index (χ1n) is 14.2. The Bertz CT molecular complexity index is 1480. The molecule has 39 heavy (non-hydrogen) atoms. The Morgan fingerprint density at radius 1 is 1.10 bits per heavy atom. The first-order valence-corrected chi connectivity index (χ1v) is 15.4. The number of aromatic nitrogens is 1. The number of rotatable bonds is 6. The first-order chi connectivity index (χ1) is 18.9. The average molecular weight is 550 g/mol. The number of aromatic amines is 1. The third kappa shape index (κ3) is 4.51. The van der Waals surface area contributed by atoms with E-state index >= 15 is 0 Å². The van der Waals surface area contributed by atoms with Crippen LogP contribution in [0.25, 0.3) is 12.2 Å². The smallest absolute Gasteiger partial charge is 0.255 e. The van der Waals surface area contributed by atoms with Gasteiger partial charge < -0.3 is 9.88 Å². The molecule has 0 radical (unpaired) electrons. The van der Waals surface area contributed by atoms with E-state index in [1.54, 1.807) is 0 Å². The molecule has 2 amide bonds. The number of amides is 2. The van der Waals surface area contributed by atoms with E-state index in [2.05, 4.69) is 41.4 Å². The molecular formula is C29H35N5O4S. The fourth-order valence-electron chi connectivity index (χ4n) is 6.79. The Balaban J connectivity index is 1.09. The van der Waals surface area contributed by atoms with E-state index in [-0.39, 0.29) is 29.6 Å². The molecule has 1 aromatic heterocycles. The number of hydrogen-bond acceptors (Lipinski definition) is 5.